The van der Waals surface area contributed by atoms with E-state index >= 15 is 0 Å². The Hall–Kier alpha value is -3.22. The summed E-state index contributed by atoms with van der Waals surface area (Å²) in [5.74, 6) is 0.955. The highest BCUT2D eigenvalue weighted by Gasteiger charge is 2.51. The number of ether oxygens (including phenoxy) is 1. The van der Waals surface area contributed by atoms with E-state index in [1.165, 1.54) is 25.7 Å². The average molecular weight is 481 g/mol. The lowest BCUT2D eigenvalue weighted by atomic mass is 10.0. The summed E-state index contributed by atoms with van der Waals surface area (Å²) in [5.41, 5.74) is 5.75. The van der Waals surface area contributed by atoms with Crippen molar-refractivity contribution in [2.45, 2.75) is 69.2 Å². The molecule has 2 bridgehead atoms. The quantitative estimate of drug-likeness (QED) is 0.370. The highest BCUT2D eigenvalue weighted by molar-refractivity contribution is 5.78. The van der Waals surface area contributed by atoms with Crippen molar-refractivity contribution in [3.63, 3.8) is 0 Å². The molecule has 6 nitrogen and oxygen atoms in total. The molecule has 0 unspecified atom stereocenters. The van der Waals surface area contributed by atoms with Crippen molar-refractivity contribution in [2.24, 2.45) is 0 Å². The topological polar surface area (TPSA) is 62.9 Å². The Balaban J connectivity index is 1.08. The smallest absolute Gasteiger partial charge is 0.162 e. The zero-order valence-electron chi connectivity index (χ0n) is 20.7. The molecule has 0 radical (unpaired) electrons. The number of rotatable bonds is 7. The van der Waals surface area contributed by atoms with Gasteiger partial charge in [0.1, 0.15) is 11.4 Å². The fourth-order valence-corrected chi connectivity index (χ4v) is 6.20. The highest BCUT2D eigenvalue weighted by Crippen LogP contribution is 2.46. The maximum absolute atomic E-state index is 9.95. The third-order valence-electron chi connectivity index (χ3n) is 8.44. The van der Waals surface area contributed by atoms with E-state index in [0.29, 0.717) is 0 Å². The Labute approximate surface area is 211 Å². The molecule has 4 heterocycles. The minimum Gasteiger partial charge on any atom is -0.486 e. The van der Waals surface area contributed by atoms with E-state index in [2.05, 4.69) is 34.3 Å². The van der Waals surface area contributed by atoms with Crippen LogP contribution in [0.5, 0.6) is 5.75 Å². The van der Waals surface area contributed by atoms with Crippen LogP contribution in [0.4, 0.5) is 0 Å². The second-order valence-electron chi connectivity index (χ2n) is 10.9. The molecule has 3 aliphatic rings. The van der Waals surface area contributed by atoms with Gasteiger partial charge in [0.25, 0.3) is 0 Å². The number of aliphatic hydroxyl groups is 1. The van der Waals surface area contributed by atoms with Gasteiger partial charge in [-0.15, -0.1) is 0 Å². The third kappa shape index (κ3) is 3.89. The second-order valence-corrected chi connectivity index (χ2v) is 10.9. The van der Waals surface area contributed by atoms with E-state index in [9.17, 15) is 5.11 Å². The van der Waals surface area contributed by atoms with Crippen molar-refractivity contribution < 1.29 is 9.84 Å². The van der Waals surface area contributed by atoms with Crippen molar-refractivity contribution in [1.82, 2.24) is 19.5 Å². The van der Waals surface area contributed by atoms with E-state index in [4.69, 9.17) is 9.72 Å². The Morgan fingerprint density at radius 2 is 1.72 bits per heavy atom. The van der Waals surface area contributed by atoms with Crippen LogP contribution in [0.1, 0.15) is 57.1 Å². The molecule has 2 saturated heterocycles. The molecule has 2 aromatic carbocycles. The number of fused-ring (bicyclic) bond motifs is 3. The SMILES string of the molecule is C[C@H](O)c1cccc(-c2cnn3cc(-c4ccc(OC5(CN6C7CCC6CC7)CC5)cc4)cnc23)c1. The lowest BCUT2D eigenvalue weighted by Crippen LogP contribution is -2.40. The first kappa shape index (κ1) is 22.0. The predicted octanol–water partition coefficient (Wildman–Crippen LogP) is 5.65. The van der Waals surface area contributed by atoms with Gasteiger partial charge < -0.3 is 9.84 Å². The van der Waals surface area contributed by atoms with Gasteiger partial charge in [0, 0.05) is 42.1 Å². The number of benzene rings is 2. The standard InChI is InChI=1S/C30H32N4O2/c1-20(35)22-3-2-4-23(15-22)28-17-32-34-18-24(16-31-29(28)34)21-5-11-27(12-6-21)36-30(13-14-30)19-33-25-7-8-26(33)10-9-25/h2-6,11-12,15-18,20,25-26,35H,7-10,13-14,19H2,1H3/t20-,25?,26?/m0/s1. The number of hydrogen-bond acceptors (Lipinski definition) is 5. The van der Waals surface area contributed by atoms with Crippen LogP contribution in [0.25, 0.3) is 27.9 Å². The minimum absolute atomic E-state index is 0.0176. The maximum atomic E-state index is 9.95. The predicted molar refractivity (Wildman–Crippen MR) is 140 cm³/mol. The molecule has 36 heavy (non-hydrogen) atoms. The lowest BCUT2D eigenvalue weighted by Gasteiger charge is -2.28. The fourth-order valence-electron chi connectivity index (χ4n) is 6.20. The van der Waals surface area contributed by atoms with E-state index in [-0.39, 0.29) is 5.60 Å². The molecule has 1 saturated carbocycles. The number of aliphatic hydroxyl groups excluding tert-OH is 1. The molecule has 184 valence electrons. The van der Waals surface area contributed by atoms with Crippen LogP contribution in [-0.4, -0.2) is 48.8 Å². The van der Waals surface area contributed by atoms with E-state index in [0.717, 1.165) is 70.7 Å². The summed E-state index contributed by atoms with van der Waals surface area (Å²) in [6.07, 6.45) is 13.1. The summed E-state index contributed by atoms with van der Waals surface area (Å²) in [6.45, 7) is 2.87. The summed E-state index contributed by atoms with van der Waals surface area (Å²) >= 11 is 0. The van der Waals surface area contributed by atoms with Crippen LogP contribution in [0.2, 0.25) is 0 Å². The van der Waals surface area contributed by atoms with Crippen molar-refractivity contribution in [1.29, 1.82) is 0 Å². The summed E-state index contributed by atoms with van der Waals surface area (Å²) in [5, 5.41) is 14.5. The number of aromatic nitrogens is 3. The first-order valence-corrected chi connectivity index (χ1v) is 13.2. The maximum Gasteiger partial charge on any atom is 0.162 e. The van der Waals surface area contributed by atoms with Crippen molar-refractivity contribution >= 4 is 5.65 Å². The Bertz CT molecular complexity index is 1390. The van der Waals surface area contributed by atoms with E-state index in [1.54, 1.807) is 6.92 Å². The average Bonchev–Trinajstić information content (AvgIpc) is 3.20. The highest BCUT2D eigenvalue weighted by atomic mass is 16.5. The van der Waals surface area contributed by atoms with Gasteiger partial charge >= 0.3 is 0 Å². The summed E-state index contributed by atoms with van der Waals surface area (Å²) in [4.78, 5) is 7.48. The van der Waals surface area contributed by atoms with Gasteiger partial charge in [-0.3, -0.25) is 4.90 Å². The minimum atomic E-state index is -0.511. The first-order chi connectivity index (χ1) is 17.6. The van der Waals surface area contributed by atoms with E-state index in [1.807, 2.05) is 47.4 Å². The molecule has 1 aliphatic carbocycles. The molecule has 2 aliphatic heterocycles. The zero-order chi connectivity index (χ0) is 24.3. The monoisotopic (exact) mass is 480 g/mol. The molecular formula is C30H32N4O2. The second kappa shape index (κ2) is 8.43. The van der Waals surface area contributed by atoms with Gasteiger partial charge in [-0.05, 0) is 80.3 Å². The van der Waals surface area contributed by atoms with Gasteiger partial charge in [0.15, 0.2) is 5.65 Å². The van der Waals surface area contributed by atoms with Crippen LogP contribution >= 0.6 is 0 Å². The summed E-state index contributed by atoms with van der Waals surface area (Å²) in [6, 6.07) is 17.9. The van der Waals surface area contributed by atoms with E-state index < -0.39 is 6.10 Å². The zero-order valence-corrected chi connectivity index (χ0v) is 20.7. The normalized spacial score (nSPS) is 23.3. The number of hydrogen-bond donors (Lipinski definition) is 1. The lowest BCUT2D eigenvalue weighted by molar-refractivity contribution is 0.104. The molecule has 0 spiro atoms. The first-order valence-electron chi connectivity index (χ1n) is 13.2. The van der Waals surface area contributed by atoms with Gasteiger partial charge in [-0.1, -0.05) is 30.3 Å². The molecular weight excluding hydrogens is 448 g/mol. The van der Waals surface area contributed by atoms with Gasteiger partial charge in [-0.2, -0.15) is 5.10 Å². The van der Waals surface area contributed by atoms with Crippen LogP contribution in [-0.2, 0) is 0 Å². The van der Waals surface area contributed by atoms with Gasteiger partial charge in [0.2, 0.25) is 0 Å². The van der Waals surface area contributed by atoms with Gasteiger partial charge in [0.05, 0.1) is 12.3 Å². The van der Waals surface area contributed by atoms with Crippen molar-refractivity contribution in [3.05, 3.63) is 72.7 Å². The van der Waals surface area contributed by atoms with Gasteiger partial charge in [-0.25, -0.2) is 9.50 Å². The molecule has 7 rings (SSSR count). The van der Waals surface area contributed by atoms with Crippen LogP contribution in [0, 0.1) is 0 Å². The van der Waals surface area contributed by atoms with Crippen LogP contribution in [0.15, 0.2) is 67.1 Å². The Morgan fingerprint density at radius 1 is 0.972 bits per heavy atom. The molecule has 4 aromatic rings. The van der Waals surface area contributed by atoms with Crippen LogP contribution in [0.3, 0.4) is 0 Å². The fraction of sp³-hybridized carbons (Fsp3) is 0.400. The molecule has 2 aromatic heterocycles. The molecule has 6 heteroatoms. The largest absolute Gasteiger partial charge is 0.486 e. The Kier molecular flexibility index (Phi) is 5.15. The Morgan fingerprint density at radius 3 is 2.42 bits per heavy atom. The summed E-state index contributed by atoms with van der Waals surface area (Å²) < 4.78 is 8.37. The third-order valence-corrected chi connectivity index (χ3v) is 8.44. The van der Waals surface area contributed by atoms with Crippen LogP contribution < -0.4 is 4.74 Å². The molecule has 0 amide bonds. The number of nitrogens with zero attached hydrogens (tertiary/aromatic N) is 4. The molecule has 1 atom stereocenters. The van der Waals surface area contributed by atoms with Crippen molar-refractivity contribution in [2.75, 3.05) is 6.54 Å². The summed E-state index contributed by atoms with van der Waals surface area (Å²) in [7, 11) is 0. The molecule has 1 N–H and O–H groups in total. The molecule has 3 fully saturated rings. The van der Waals surface area contributed by atoms with Crippen molar-refractivity contribution in [3.8, 4) is 28.0 Å².